The summed E-state index contributed by atoms with van der Waals surface area (Å²) in [6.45, 7) is 13.5. The van der Waals surface area contributed by atoms with Crippen molar-refractivity contribution < 1.29 is 4.39 Å². The van der Waals surface area contributed by atoms with Crippen molar-refractivity contribution >= 4 is 16.8 Å². The second kappa shape index (κ2) is 13.4. The van der Waals surface area contributed by atoms with E-state index in [0.717, 1.165) is 60.4 Å². The van der Waals surface area contributed by atoms with Gasteiger partial charge in [0.15, 0.2) is 0 Å². The molecular formula is C39H43FN3. The highest BCUT2D eigenvalue weighted by molar-refractivity contribution is 5.82. The van der Waals surface area contributed by atoms with Crippen LogP contribution >= 0.6 is 0 Å². The Morgan fingerprint density at radius 1 is 0.884 bits per heavy atom. The largest absolute Gasteiger partial charge is 0.381 e. The van der Waals surface area contributed by atoms with Crippen LogP contribution in [0.25, 0.3) is 16.8 Å². The van der Waals surface area contributed by atoms with Gasteiger partial charge in [0.2, 0.25) is 0 Å². The molecule has 221 valence electrons. The van der Waals surface area contributed by atoms with E-state index in [1.807, 2.05) is 18.2 Å². The fraction of sp³-hybridized carbons (Fsp3) is 0.256. The van der Waals surface area contributed by atoms with Crippen molar-refractivity contribution in [1.82, 2.24) is 14.7 Å². The SMILES string of the molecule is C=C(/C=C(/c1ccccc1)N(C)CC(C1=C[CH]1)N1CCC(C(=C)c2ccccc2)=C(N(C)C)CC1)c1ccc(F)c(C)c1. The van der Waals surface area contributed by atoms with Gasteiger partial charge in [-0.2, -0.15) is 0 Å². The molecule has 4 heteroatoms. The Kier molecular flexibility index (Phi) is 9.47. The highest BCUT2D eigenvalue weighted by atomic mass is 19.1. The molecule has 0 spiro atoms. The average Bonchev–Trinajstić information content (AvgIpc) is 3.88. The summed E-state index contributed by atoms with van der Waals surface area (Å²) < 4.78 is 14.0. The lowest BCUT2D eigenvalue weighted by Crippen LogP contribution is -2.43. The molecule has 0 amide bonds. The minimum Gasteiger partial charge on any atom is -0.381 e. The van der Waals surface area contributed by atoms with Crippen molar-refractivity contribution in [2.45, 2.75) is 25.8 Å². The predicted molar refractivity (Wildman–Crippen MR) is 180 cm³/mol. The molecule has 1 heterocycles. The summed E-state index contributed by atoms with van der Waals surface area (Å²) in [6.07, 6.45) is 8.57. The number of rotatable bonds is 11. The second-order valence-corrected chi connectivity index (χ2v) is 11.8. The zero-order chi connectivity index (χ0) is 30.5. The van der Waals surface area contributed by atoms with Gasteiger partial charge in [0.05, 0.1) is 0 Å². The first kappa shape index (κ1) is 30.3. The van der Waals surface area contributed by atoms with Gasteiger partial charge in [-0.1, -0.05) is 86.0 Å². The molecule has 1 radical (unpaired) electrons. The van der Waals surface area contributed by atoms with Crippen molar-refractivity contribution in [1.29, 1.82) is 0 Å². The normalized spacial score (nSPS) is 16.3. The number of hydrogen-bond acceptors (Lipinski definition) is 3. The van der Waals surface area contributed by atoms with E-state index in [4.69, 9.17) is 0 Å². The summed E-state index contributed by atoms with van der Waals surface area (Å²) in [7, 11) is 6.47. The van der Waals surface area contributed by atoms with Gasteiger partial charge in [-0.05, 0) is 76.1 Å². The zero-order valence-corrected chi connectivity index (χ0v) is 26.0. The van der Waals surface area contributed by atoms with E-state index in [-0.39, 0.29) is 11.9 Å². The van der Waals surface area contributed by atoms with E-state index in [2.05, 4.69) is 122 Å². The third-order valence-corrected chi connectivity index (χ3v) is 8.61. The average molecular weight is 573 g/mol. The Labute approximate surface area is 257 Å². The maximum absolute atomic E-state index is 14.0. The Hall–Kier alpha value is -4.15. The van der Waals surface area contributed by atoms with Gasteiger partial charge >= 0.3 is 0 Å². The Bertz CT molecular complexity index is 1560. The third kappa shape index (κ3) is 7.26. The number of hydrogen-bond donors (Lipinski definition) is 0. The molecule has 1 unspecified atom stereocenters. The molecule has 0 bridgehead atoms. The molecule has 1 atom stereocenters. The second-order valence-electron chi connectivity index (χ2n) is 11.8. The molecule has 3 aromatic rings. The summed E-state index contributed by atoms with van der Waals surface area (Å²) in [4.78, 5) is 7.26. The smallest absolute Gasteiger partial charge is 0.126 e. The maximum atomic E-state index is 14.0. The van der Waals surface area contributed by atoms with Crippen LogP contribution in [0.5, 0.6) is 0 Å². The van der Waals surface area contributed by atoms with Gasteiger partial charge in [-0.15, -0.1) is 0 Å². The summed E-state index contributed by atoms with van der Waals surface area (Å²) in [5, 5.41) is 0. The van der Waals surface area contributed by atoms with E-state index in [1.165, 1.54) is 28.5 Å². The van der Waals surface area contributed by atoms with Crippen LogP contribution in [-0.2, 0) is 0 Å². The summed E-state index contributed by atoms with van der Waals surface area (Å²) in [5.74, 6) is -0.197. The lowest BCUT2D eigenvalue weighted by molar-refractivity contribution is 0.205. The molecule has 43 heavy (non-hydrogen) atoms. The summed E-state index contributed by atoms with van der Waals surface area (Å²) >= 11 is 0. The molecule has 3 aromatic carbocycles. The molecule has 1 aliphatic heterocycles. The Morgan fingerprint density at radius 3 is 2.12 bits per heavy atom. The van der Waals surface area contributed by atoms with Gasteiger partial charge in [0.1, 0.15) is 5.82 Å². The van der Waals surface area contributed by atoms with Crippen LogP contribution in [0.3, 0.4) is 0 Å². The summed E-state index contributed by atoms with van der Waals surface area (Å²) in [5.41, 5.74) is 11.1. The lowest BCUT2D eigenvalue weighted by Gasteiger charge is -2.35. The first-order valence-corrected chi connectivity index (χ1v) is 15.1. The molecule has 3 nitrogen and oxygen atoms in total. The van der Waals surface area contributed by atoms with Crippen LogP contribution in [0.1, 0.15) is 35.1 Å². The van der Waals surface area contributed by atoms with Crippen molar-refractivity contribution in [3.63, 3.8) is 0 Å². The van der Waals surface area contributed by atoms with Crippen molar-refractivity contribution in [3.05, 3.63) is 156 Å². The molecule has 0 N–H and O–H groups in total. The van der Waals surface area contributed by atoms with E-state index in [1.54, 1.807) is 6.92 Å². The van der Waals surface area contributed by atoms with Crippen LogP contribution in [0, 0.1) is 19.2 Å². The predicted octanol–water partition coefficient (Wildman–Crippen LogP) is 8.26. The molecule has 0 aromatic heterocycles. The first-order chi connectivity index (χ1) is 20.7. The van der Waals surface area contributed by atoms with Crippen LogP contribution in [0.2, 0.25) is 0 Å². The van der Waals surface area contributed by atoms with Crippen LogP contribution in [-0.4, -0.2) is 61.5 Å². The number of likely N-dealkylation sites (N-methyl/N-ethyl adjacent to an activating group) is 1. The number of allylic oxidation sites excluding steroid dienone is 4. The number of benzene rings is 3. The highest BCUT2D eigenvalue weighted by Gasteiger charge is 2.31. The van der Waals surface area contributed by atoms with E-state index >= 15 is 0 Å². The molecular weight excluding hydrogens is 529 g/mol. The van der Waals surface area contributed by atoms with Gasteiger partial charge in [0.25, 0.3) is 0 Å². The van der Waals surface area contributed by atoms with Crippen LogP contribution < -0.4 is 0 Å². The number of aryl methyl sites for hydroxylation is 1. The Balaban J connectivity index is 1.39. The molecule has 0 saturated heterocycles. The molecule has 1 aliphatic carbocycles. The highest BCUT2D eigenvalue weighted by Crippen LogP contribution is 2.35. The first-order valence-electron chi connectivity index (χ1n) is 15.1. The van der Waals surface area contributed by atoms with Crippen molar-refractivity contribution in [3.8, 4) is 0 Å². The van der Waals surface area contributed by atoms with Crippen molar-refractivity contribution in [2.24, 2.45) is 0 Å². The fourth-order valence-electron chi connectivity index (χ4n) is 6.03. The minimum atomic E-state index is -0.197. The topological polar surface area (TPSA) is 9.72 Å². The van der Waals surface area contributed by atoms with E-state index < -0.39 is 0 Å². The molecule has 0 saturated carbocycles. The molecule has 5 rings (SSSR count). The lowest BCUT2D eigenvalue weighted by atomic mass is 9.94. The van der Waals surface area contributed by atoms with Crippen LogP contribution in [0.15, 0.2) is 121 Å². The number of nitrogens with zero attached hydrogens (tertiary/aromatic N) is 3. The van der Waals surface area contributed by atoms with Gasteiger partial charge < -0.3 is 9.80 Å². The number of halogens is 1. The zero-order valence-electron chi connectivity index (χ0n) is 26.0. The quantitative estimate of drug-likeness (QED) is 0.214. The summed E-state index contributed by atoms with van der Waals surface area (Å²) in [6, 6.07) is 26.5. The molecule has 0 fully saturated rings. The molecule has 2 aliphatic rings. The van der Waals surface area contributed by atoms with Gasteiger partial charge in [-0.3, -0.25) is 4.90 Å². The minimum absolute atomic E-state index is 0.197. The van der Waals surface area contributed by atoms with E-state index in [9.17, 15) is 4.39 Å². The van der Waals surface area contributed by atoms with Crippen molar-refractivity contribution in [2.75, 3.05) is 40.8 Å². The monoisotopic (exact) mass is 572 g/mol. The third-order valence-electron chi connectivity index (χ3n) is 8.61. The maximum Gasteiger partial charge on any atom is 0.126 e. The van der Waals surface area contributed by atoms with Crippen LogP contribution in [0.4, 0.5) is 4.39 Å². The van der Waals surface area contributed by atoms with Gasteiger partial charge in [-0.25, -0.2) is 4.39 Å². The van der Waals surface area contributed by atoms with E-state index in [0.29, 0.717) is 5.56 Å². The van der Waals surface area contributed by atoms with Gasteiger partial charge in [0, 0.05) is 71.1 Å². The standard InChI is InChI=1S/C39H43FN3/c1-28(34-19-20-36(40)29(2)25-34)26-38(32-15-11-8-12-16-32)42(6)27-39(33-17-18-33)43-23-21-35(37(22-24-43)41(4)5)30(3)31-13-9-7-10-14-31/h7-20,25-26,39H,1,3,21-24,27H2,2,4-6H3/b38-26-. The Morgan fingerprint density at radius 2 is 1.51 bits per heavy atom. The fourth-order valence-corrected chi connectivity index (χ4v) is 6.03.